The number of carbonyl (C=O) groups is 2. The Bertz CT molecular complexity index is 1020. The van der Waals surface area contributed by atoms with Crippen molar-refractivity contribution in [3.63, 3.8) is 0 Å². The number of para-hydroxylation sites is 1. The second kappa shape index (κ2) is 9.49. The third-order valence-electron chi connectivity index (χ3n) is 4.89. The van der Waals surface area contributed by atoms with E-state index in [0.717, 1.165) is 5.56 Å². The molecule has 0 bridgehead atoms. The van der Waals surface area contributed by atoms with Crippen molar-refractivity contribution in [2.24, 2.45) is 0 Å². The molecule has 1 fully saturated rings. The molecule has 0 saturated carbocycles. The first-order valence-corrected chi connectivity index (χ1v) is 11.5. The van der Waals surface area contributed by atoms with E-state index in [2.05, 4.69) is 0 Å². The molecule has 1 saturated heterocycles. The Morgan fingerprint density at radius 3 is 2.50 bits per heavy atom. The summed E-state index contributed by atoms with van der Waals surface area (Å²) >= 11 is 5.87. The van der Waals surface area contributed by atoms with Gasteiger partial charge in [0.2, 0.25) is 0 Å². The summed E-state index contributed by atoms with van der Waals surface area (Å²) in [7, 11) is -1.59. The second-order valence-electron chi connectivity index (χ2n) is 7.05. The summed E-state index contributed by atoms with van der Waals surface area (Å²) < 4.78 is 34.1. The molecule has 1 aliphatic heterocycles. The molecule has 0 spiro atoms. The predicted molar refractivity (Wildman–Crippen MR) is 112 cm³/mol. The van der Waals surface area contributed by atoms with Crippen LogP contribution in [0, 0.1) is 0 Å². The number of benzene rings is 2. The smallest absolute Gasteiger partial charge is 0.342 e. The fourth-order valence-corrected chi connectivity index (χ4v) is 4.99. The molecule has 2 aromatic carbocycles. The van der Waals surface area contributed by atoms with Gasteiger partial charge >= 0.3 is 5.97 Å². The van der Waals surface area contributed by atoms with Crippen LogP contribution < -0.4 is 4.74 Å². The summed E-state index contributed by atoms with van der Waals surface area (Å²) in [6.45, 7) is -0.239. The Kier molecular flexibility index (Phi) is 6.99. The summed E-state index contributed by atoms with van der Waals surface area (Å²) in [6, 6.07) is 13.3. The van der Waals surface area contributed by atoms with Crippen molar-refractivity contribution in [3.05, 3.63) is 64.7 Å². The number of carbonyl (C=O) groups excluding carboxylic acids is 2. The van der Waals surface area contributed by atoms with Gasteiger partial charge in [-0.1, -0.05) is 35.9 Å². The second-order valence-corrected chi connectivity index (χ2v) is 9.71. The number of hydrogen-bond donors (Lipinski definition) is 0. The summed E-state index contributed by atoms with van der Waals surface area (Å²) in [5.41, 5.74) is 1.08. The zero-order valence-corrected chi connectivity index (χ0v) is 18.0. The molecular weight excluding hydrogens is 430 g/mol. The Morgan fingerprint density at radius 1 is 1.13 bits per heavy atom. The monoisotopic (exact) mass is 451 g/mol. The maximum absolute atomic E-state index is 12.5. The molecule has 1 atom stereocenters. The van der Waals surface area contributed by atoms with Gasteiger partial charge in [0.1, 0.15) is 17.9 Å². The van der Waals surface area contributed by atoms with Crippen molar-refractivity contribution in [3.8, 4) is 5.75 Å². The molecule has 0 aromatic heterocycles. The van der Waals surface area contributed by atoms with Crippen LogP contribution in [0.3, 0.4) is 0 Å². The molecule has 160 valence electrons. The van der Waals surface area contributed by atoms with Gasteiger partial charge in [0.15, 0.2) is 16.4 Å². The minimum atomic E-state index is -3.11. The lowest BCUT2D eigenvalue weighted by molar-refractivity contribution is -0.134. The quantitative estimate of drug-likeness (QED) is 0.601. The number of amides is 1. The summed E-state index contributed by atoms with van der Waals surface area (Å²) in [4.78, 5) is 26.1. The molecule has 1 aliphatic rings. The van der Waals surface area contributed by atoms with Crippen molar-refractivity contribution in [1.82, 2.24) is 4.90 Å². The molecular formula is C21H22ClNO6S. The van der Waals surface area contributed by atoms with Crippen LogP contribution in [-0.2, 0) is 26.0 Å². The van der Waals surface area contributed by atoms with E-state index in [1.807, 2.05) is 12.1 Å². The number of nitrogens with zero attached hydrogens (tertiary/aromatic N) is 1. The first-order valence-electron chi connectivity index (χ1n) is 9.34. The van der Waals surface area contributed by atoms with Crippen LogP contribution in [0.15, 0.2) is 48.5 Å². The van der Waals surface area contributed by atoms with E-state index in [1.54, 1.807) is 36.4 Å². The van der Waals surface area contributed by atoms with E-state index >= 15 is 0 Å². The fraction of sp³-hybridized carbons (Fsp3) is 0.333. The molecule has 1 amide bonds. The van der Waals surface area contributed by atoms with Crippen molar-refractivity contribution >= 4 is 33.3 Å². The Balaban J connectivity index is 1.57. The molecule has 0 radical (unpaired) electrons. The zero-order valence-electron chi connectivity index (χ0n) is 16.4. The highest BCUT2D eigenvalue weighted by Gasteiger charge is 2.33. The van der Waals surface area contributed by atoms with Crippen molar-refractivity contribution in [2.45, 2.75) is 19.1 Å². The highest BCUT2D eigenvalue weighted by Crippen LogP contribution is 2.21. The SMILES string of the molecule is CN(C(=O)COC(=O)c1ccccc1OCc1ccc(Cl)cc1)[C@@H]1CCS(=O)(=O)C1. The largest absolute Gasteiger partial charge is 0.488 e. The first-order chi connectivity index (χ1) is 14.2. The number of sulfone groups is 1. The highest BCUT2D eigenvalue weighted by atomic mass is 35.5. The van der Waals surface area contributed by atoms with Crippen molar-refractivity contribution < 1.29 is 27.5 Å². The molecule has 0 aliphatic carbocycles. The summed E-state index contributed by atoms with van der Waals surface area (Å²) in [5, 5.41) is 0.618. The summed E-state index contributed by atoms with van der Waals surface area (Å²) in [5.74, 6) is -0.814. The van der Waals surface area contributed by atoms with E-state index in [-0.39, 0.29) is 23.7 Å². The predicted octanol–water partition coefficient (Wildman–Crippen LogP) is 2.72. The topological polar surface area (TPSA) is 90.0 Å². The van der Waals surface area contributed by atoms with Crippen LogP contribution in [0.2, 0.25) is 5.02 Å². The third-order valence-corrected chi connectivity index (χ3v) is 6.89. The lowest BCUT2D eigenvalue weighted by atomic mass is 10.2. The number of esters is 1. The van der Waals surface area contributed by atoms with E-state index in [9.17, 15) is 18.0 Å². The standard InChI is InChI=1S/C21H22ClNO6S/c1-23(17-10-11-30(26,27)14-17)20(24)13-29-21(25)18-4-2-3-5-19(18)28-12-15-6-8-16(22)9-7-15/h2-9,17H,10-14H2,1H3/t17-/m1/s1. The molecule has 2 aromatic rings. The maximum Gasteiger partial charge on any atom is 0.342 e. The van der Waals surface area contributed by atoms with E-state index in [1.165, 1.54) is 11.9 Å². The van der Waals surface area contributed by atoms with Gasteiger partial charge in [-0.3, -0.25) is 4.79 Å². The van der Waals surface area contributed by atoms with Gasteiger partial charge in [0, 0.05) is 18.1 Å². The average Bonchev–Trinajstić information content (AvgIpc) is 3.10. The minimum Gasteiger partial charge on any atom is -0.488 e. The molecule has 7 nitrogen and oxygen atoms in total. The van der Waals surface area contributed by atoms with Crippen LogP contribution in [0.25, 0.3) is 0 Å². The van der Waals surface area contributed by atoms with Gasteiger partial charge in [-0.05, 0) is 36.2 Å². The molecule has 9 heteroatoms. The number of halogens is 1. The summed E-state index contributed by atoms with van der Waals surface area (Å²) in [6.07, 6.45) is 0.389. The van der Waals surface area contributed by atoms with Gasteiger partial charge in [-0.25, -0.2) is 13.2 Å². The molecule has 30 heavy (non-hydrogen) atoms. The normalized spacial score (nSPS) is 17.3. The average molecular weight is 452 g/mol. The van der Waals surface area contributed by atoms with Gasteiger partial charge in [-0.2, -0.15) is 0 Å². The van der Waals surface area contributed by atoms with Gasteiger partial charge in [-0.15, -0.1) is 0 Å². The Morgan fingerprint density at radius 2 is 1.83 bits per heavy atom. The highest BCUT2D eigenvalue weighted by molar-refractivity contribution is 7.91. The van der Waals surface area contributed by atoms with Crippen LogP contribution in [0.4, 0.5) is 0 Å². The van der Waals surface area contributed by atoms with E-state index in [4.69, 9.17) is 21.1 Å². The molecule has 0 N–H and O–H groups in total. The van der Waals surface area contributed by atoms with E-state index in [0.29, 0.717) is 17.2 Å². The minimum absolute atomic E-state index is 0.0629. The third kappa shape index (κ3) is 5.73. The van der Waals surface area contributed by atoms with E-state index < -0.39 is 34.4 Å². The van der Waals surface area contributed by atoms with Crippen LogP contribution in [0.5, 0.6) is 5.75 Å². The van der Waals surface area contributed by atoms with Gasteiger partial charge < -0.3 is 14.4 Å². The molecule has 1 heterocycles. The fourth-order valence-electron chi connectivity index (χ4n) is 3.09. The van der Waals surface area contributed by atoms with Crippen molar-refractivity contribution in [1.29, 1.82) is 0 Å². The first kappa shape index (κ1) is 22.1. The van der Waals surface area contributed by atoms with Crippen molar-refractivity contribution in [2.75, 3.05) is 25.2 Å². The number of likely N-dealkylation sites (N-methyl/N-ethyl adjacent to an activating group) is 1. The van der Waals surface area contributed by atoms with Crippen LogP contribution in [-0.4, -0.2) is 56.4 Å². The maximum atomic E-state index is 12.5. The lowest BCUT2D eigenvalue weighted by Gasteiger charge is -2.23. The van der Waals surface area contributed by atoms with Crippen LogP contribution in [0.1, 0.15) is 22.3 Å². The number of hydrogen-bond acceptors (Lipinski definition) is 6. The van der Waals surface area contributed by atoms with Gasteiger partial charge in [0.25, 0.3) is 5.91 Å². The molecule has 0 unspecified atom stereocenters. The van der Waals surface area contributed by atoms with Gasteiger partial charge in [0.05, 0.1) is 11.5 Å². The zero-order chi connectivity index (χ0) is 21.7. The Labute approximate surface area is 180 Å². The Hall–Kier alpha value is -2.58. The van der Waals surface area contributed by atoms with Crippen LogP contribution >= 0.6 is 11.6 Å². The number of rotatable bonds is 7. The molecule has 3 rings (SSSR count). The number of ether oxygens (including phenoxy) is 2. The lowest BCUT2D eigenvalue weighted by Crippen LogP contribution is -2.40.